The molecular formula is C23H31N7O3. The molecule has 0 saturated heterocycles. The normalized spacial score (nSPS) is 18.6. The average molecular weight is 454 g/mol. The first-order chi connectivity index (χ1) is 15.8. The summed E-state index contributed by atoms with van der Waals surface area (Å²) in [6.07, 6.45) is 5.53. The molecule has 1 aliphatic carbocycles. The molecule has 0 aromatic carbocycles. The van der Waals surface area contributed by atoms with Gasteiger partial charge in [-0.15, -0.1) is 5.10 Å². The number of aromatic nitrogens is 7. The number of ether oxygens (including phenoxy) is 1. The minimum absolute atomic E-state index is 0.107. The van der Waals surface area contributed by atoms with Gasteiger partial charge in [0, 0.05) is 7.05 Å². The predicted octanol–water partition coefficient (Wildman–Crippen LogP) is 3.05. The van der Waals surface area contributed by atoms with Crippen molar-refractivity contribution < 1.29 is 14.6 Å². The second-order valence-corrected chi connectivity index (χ2v) is 9.19. The van der Waals surface area contributed by atoms with Crippen molar-refractivity contribution in [2.24, 2.45) is 18.9 Å². The molecule has 2 atom stereocenters. The van der Waals surface area contributed by atoms with Gasteiger partial charge >= 0.3 is 5.97 Å². The number of aliphatic carboxylic acids is 1. The van der Waals surface area contributed by atoms with Crippen LogP contribution in [0.3, 0.4) is 0 Å². The van der Waals surface area contributed by atoms with Gasteiger partial charge in [-0.3, -0.25) is 4.79 Å². The molecule has 0 amide bonds. The van der Waals surface area contributed by atoms with Gasteiger partial charge in [-0.05, 0) is 57.1 Å². The maximum atomic E-state index is 11.3. The van der Waals surface area contributed by atoms with Crippen molar-refractivity contribution in [3.63, 3.8) is 0 Å². The van der Waals surface area contributed by atoms with Gasteiger partial charge in [0.1, 0.15) is 18.0 Å². The van der Waals surface area contributed by atoms with E-state index in [1.807, 2.05) is 26.1 Å². The summed E-state index contributed by atoms with van der Waals surface area (Å²) >= 11 is 0. The van der Waals surface area contributed by atoms with Gasteiger partial charge in [0.25, 0.3) is 0 Å². The number of hydrogen-bond donors (Lipinski definition) is 1. The molecule has 1 N–H and O–H groups in total. The molecule has 3 heterocycles. The number of carbonyl (C=O) groups is 1. The molecular weight excluding hydrogens is 422 g/mol. The Morgan fingerprint density at radius 1 is 1.30 bits per heavy atom. The first-order valence-corrected chi connectivity index (χ1v) is 11.4. The number of hydrogen-bond acceptors (Lipinski definition) is 7. The van der Waals surface area contributed by atoms with E-state index in [-0.39, 0.29) is 12.0 Å². The number of carboxylic acid groups (broad SMARTS) is 1. The Hall–Kier alpha value is -3.30. The van der Waals surface area contributed by atoms with E-state index in [1.165, 1.54) is 0 Å². The fourth-order valence-electron chi connectivity index (χ4n) is 4.27. The van der Waals surface area contributed by atoms with Crippen LogP contribution in [-0.4, -0.2) is 52.2 Å². The van der Waals surface area contributed by atoms with Crippen molar-refractivity contribution in [1.82, 2.24) is 35.0 Å². The Morgan fingerprint density at radius 3 is 2.85 bits per heavy atom. The fraction of sp³-hybridized carbons (Fsp3) is 0.565. The molecule has 3 aromatic rings. The Morgan fingerprint density at radius 2 is 2.12 bits per heavy atom. The van der Waals surface area contributed by atoms with Crippen molar-refractivity contribution in [3.8, 4) is 17.1 Å². The van der Waals surface area contributed by atoms with E-state index in [1.54, 1.807) is 15.7 Å². The number of carboxylic acids is 1. The maximum Gasteiger partial charge on any atom is 0.306 e. The number of nitrogens with zero attached hydrogens (tertiary/aromatic N) is 7. The lowest BCUT2D eigenvalue weighted by atomic mass is 9.87. The molecule has 0 radical (unpaired) electrons. The van der Waals surface area contributed by atoms with Gasteiger partial charge in [-0.25, -0.2) is 9.67 Å². The SMILES string of the molecule is Cc1nc(-c2nnn(C)c2Cn2ncc(CC(C)C)n2)ccc1OC1CCC[C@H](C(=O)O)C1. The summed E-state index contributed by atoms with van der Waals surface area (Å²) in [5, 5.41) is 26.8. The molecule has 10 nitrogen and oxygen atoms in total. The van der Waals surface area contributed by atoms with Gasteiger partial charge < -0.3 is 9.84 Å². The largest absolute Gasteiger partial charge is 0.489 e. The van der Waals surface area contributed by atoms with Crippen LogP contribution in [0.2, 0.25) is 0 Å². The summed E-state index contributed by atoms with van der Waals surface area (Å²) in [7, 11) is 1.84. The molecule has 0 spiro atoms. The summed E-state index contributed by atoms with van der Waals surface area (Å²) in [4.78, 5) is 17.7. The topological polar surface area (TPSA) is 121 Å². The van der Waals surface area contributed by atoms with Crippen LogP contribution in [0, 0.1) is 18.8 Å². The second kappa shape index (κ2) is 9.68. The summed E-state index contributed by atoms with van der Waals surface area (Å²) in [5.74, 6) is 0.106. The maximum absolute atomic E-state index is 11.3. The smallest absolute Gasteiger partial charge is 0.306 e. The molecule has 33 heavy (non-hydrogen) atoms. The van der Waals surface area contributed by atoms with E-state index in [0.717, 1.165) is 36.3 Å². The fourth-order valence-corrected chi connectivity index (χ4v) is 4.27. The van der Waals surface area contributed by atoms with Crippen LogP contribution in [-0.2, 0) is 24.8 Å². The second-order valence-electron chi connectivity index (χ2n) is 9.19. The quantitative estimate of drug-likeness (QED) is 0.552. The molecule has 4 rings (SSSR count). The lowest BCUT2D eigenvalue weighted by Crippen LogP contribution is -2.29. The van der Waals surface area contributed by atoms with Gasteiger partial charge in [0.2, 0.25) is 0 Å². The van der Waals surface area contributed by atoms with Crippen LogP contribution in [0.5, 0.6) is 5.75 Å². The van der Waals surface area contributed by atoms with Crippen LogP contribution < -0.4 is 4.74 Å². The van der Waals surface area contributed by atoms with Crippen LogP contribution in [0.25, 0.3) is 11.4 Å². The summed E-state index contributed by atoms with van der Waals surface area (Å²) in [6, 6.07) is 3.75. The number of aryl methyl sites for hydroxylation is 2. The Kier molecular flexibility index (Phi) is 6.71. The highest BCUT2D eigenvalue weighted by molar-refractivity contribution is 5.70. The number of rotatable bonds is 8. The molecule has 1 aliphatic rings. The minimum Gasteiger partial charge on any atom is -0.489 e. The van der Waals surface area contributed by atoms with Crippen molar-refractivity contribution >= 4 is 5.97 Å². The Bertz CT molecular complexity index is 1120. The molecule has 3 aromatic heterocycles. The number of pyridine rings is 1. The average Bonchev–Trinajstić information content (AvgIpc) is 3.36. The van der Waals surface area contributed by atoms with Crippen LogP contribution in [0.15, 0.2) is 18.3 Å². The van der Waals surface area contributed by atoms with Gasteiger partial charge in [-0.2, -0.15) is 15.0 Å². The van der Waals surface area contributed by atoms with E-state index in [0.29, 0.717) is 42.4 Å². The van der Waals surface area contributed by atoms with Crippen LogP contribution in [0.4, 0.5) is 0 Å². The molecule has 176 valence electrons. The first-order valence-electron chi connectivity index (χ1n) is 11.4. The van der Waals surface area contributed by atoms with E-state index >= 15 is 0 Å². The molecule has 1 fully saturated rings. The lowest BCUT2D eigenvalue weighted by Gasteiger charge is -2.27. The molecule has 0 aliphatic heterocycles. The zero-order valence-corrected chi connectivity index (χ0v) is 19.6. The Labute approximate surface area is 193 Å². The summed E-state index contributed by atoms with van der Waals surface area (Å²) in [5.41, 5.74) is 3.94. The molecule has 1 unspecified atom stereocenters. The molecule has 10 heteroatoms. The van der Waals surface area contributed by atoms with Crippen molar-refractivity contribution in [2.75, 3.05) is 0 Å². The third kappa shape index (κ3) is 5.37. The van der Waals surface area contributed by atoms with E-state index in [2.05, 4.69) is 34.4 Å². The van der Waals surface area contributed by atoms with E-state index < -0.39 is 5.97 Å². The van der Waals surface area contributed by atoms with Gasteiger partial charge in [0.15, 0.2) is 0 Å². The third-order valence-corrected chi connectivity index (χ3v) is 5.98. The predicted molar refractivity (Wildman–Crippen MR) is 121 cm³/mol. The van der Waals surface area contributed by atoms with Crippen molar-refractivity contribution in [2.45, 2.75) is 65.5 Å². The van der Waals surface area contributed by atoms with Crippen LogP contribution >= 0.6 is 0 Å². The monoisotopic (exact) mass is 453 g/mol. The summed E-state index contributed by atoms with van der Waals surface area (Å²) < 4.78 is 7.85. The lowest BCUT2D eigenvalue weighted by molar-refractivity contribution is -0.143. The highest BCUT2D eigenvalue weighted by Gasteiger charge is 2.28. The highest BCUT2D eigenvalue weighted by atomic mass is 16.5. The van der Waals surface area contributed by atoms with E-state index in [9.17, 15) is 9.90 Å². The molecule has 0 bridgehead atoms. The van der Waals surface area contributed by atoms with Gasteiger partial charge in [-0.1, -0.05) is 19.1 Å². The minimum atomic E-state index is -0.744. The van der Waals surface area contributed by atoms with Crippen molar-refractivity contribution in [1.29, 1.82) is 0 Å². The molecule has 1 saturated carbocycles. The van der Waals surface area contributed by atoms with Gasteiger partial charge in [0.05, 0.1) is 41.0 Å². The highest BCUT2D eigenvalue weighted by Crippen LogP contribution is 2.30. The Balaban J connectivity index is 1.50. The van der Waals surface area contributed by atoms with E-state index in [4.69, 9.17) is 9.72 Å². The first kappa shape index (κ1) is 22.9. The third-order valence-electron chi connectivity index (χ3n) is 5.98. The van der Waals surface area contributed by atoms with Crippen LogP contribution in [0.1, 0.15) is 56.6 Å². The van der Waals surface area contributed by atoms with Crippen molar-refractivity contribution in [3.05, 3.63) is 35.4 Å². The zero-order valence-electron chi connectivity index (χ0n) is 19.6. The standard InChI is InChI=1S/C23H31N7O3/c1-14(2)10-17-12-24-30(27-17)13-20-22(26-28-29(20)4)19-8-9-21(15(3)25-19)33-18-7-5-6-16(11-18)23(31)32/h8-9,12,14,16,18H,5-7,10-11,13H2,1-4H3,(H,31,32)/t16-,18?/m0/s1. The summed E-state index contributed by atoms with van der Waals surface area (Å²) in [6.45, 7) is 6.64. The zero-order chi connectivity index (χ0) is 23.5.